The van der Waals surface area contributed by atoms with Gasteiger partial charge in [-0.1, -0.05) is 41.7 Å². The summed E-state index contributed by atoms with van der Waals surface area (Å²) < 4.78 is 2.36. The molecule has 0 radical (unpaired) electrons. The van der Waals surface area contributed by atoms with Crippen molar-refractivity contribution in [2.24, 2.45) is 0 Å². The fourth-order valence-corrected chi connectivity index (χ4v) is 2.12. The first-order valence-corrected chi connectivity index (χ1v) is 5.74. The molecule has 1 aromatic heterocycles. The van der Waals surface area contributed by atoms with Gasteiger partial charge in [-0.15, -0.1) is 0 Å². The normalized spacial score (nSPS) is 9.56. The van der Waals surface area contributed by atoms with Gasteiger partial charge in [-0.25, -0.2) is 0 Å². The van der Waals surface area contributed by atoms with Crippen LogP contribution in [-0.4, -0.2) is 5.78 Å². The van der Waals surface area contributed by atoms with E-state index >= 15 is 0 Å². The molecule has 0 unspecified atom stereocenters. The van der Waals surface area contributed by atoms with Crippen molar-refractivity contribution in [3.63, 3.8) is 0 Å². The third-order valence-electron chi connectivity index (χ3n) is 2.04. The van der Waals surface area contributed by atoms with Crippen molar-refractivity contribution in [2.45, 2.75) is 6.54 Å². The molecule has 2 nitrogen and oxygen atoms in total. The van der Waals surface area contributed by atoms with Gasteiger partial charge in [0.25, 0.3) is 0 Å². The summed E-state index contributed by atoms with van der Waals surface area (Å²) in [6.45, 7) is 0.298. The monoisotopic (exact) mass is 317 g/mol. The summed E-state index contributed by atoms with van der Waals surface area (Å²) in [4.78, 5) is 11.8. The van der Waals surface area contributed by atoms with Crippen LogP contribution in [-0.2, 0) is 6.54 Å². The first-order chi connectivity index (χ1) is 7.27. The molecule has 0 fully saturated rings. The standard InChI is InChI=1S/C11H9ClNOS.BrH/c12-11-13(6-7-15-11)8-10(14)9-4-2-1-3-5-9;/h1-7H,8H2;1H/q+1;/p-1. The minimum Gasteiger partial charge on any atom is -1.00 e. The average molecular weight is 319 g/mol. The molecule has 0 saturated heterocycles. The lowest BCUT2D eigenvalue weighted by atomic mass is 10.1. The third kappa shape index (κ3) is 3.14. The van der Waals surface area contributed by atoms with Crippen molar-refractivity contribution >= 4 is 28.7 Å². The Balaban J connectivity index is 0.00000128. The molecule has 0 amide bonds. The van der Waals surface area contributed by atoms with Gasteiger partial charge >= 0.3 is 4.47 Å². The van der Waals surface area contributed by atoms with Crippen molar-refractivity contribution in [1.29, 1.82) is 0 Å². The van der Waals surface area contributed by atoms with Crippen LogP contribution in [0.3, 0.4) is 0 Å². The van der Waals surface area contributed by atoms with Crippen LogP contribution in [0.4, 0.5) is 0 Å². The highest BCUT2D eigenvalue weighted by atomic mass is 79.9. The van der Waals surface area contributed by atoms with Crippen molar-refractivity contribution < 1.29 is 26.3 Å². The van der Waals surface area contributed by atoms with E-state index in [0.29, 0.717) is 16.6 Å². The SMILES string of the molecule is O=C(C[n+]1ccsc1Cl)c1ccccc1.[Br-]. The summed E-state index contributed by atoms with van der Waals surface area (Å²) in [6, 6.07) is 9.22. The predicted octanol–water partition coefficient (Wildman–Crippen LogP) is -0.424. The number of rotatable bonds is 3. The highest BCUT2D eigenvalue weighted by Gasteiger charge is 2.15. The Bertz CT molecular complexity index is 472. The molecule has 2 rings (SSSR count). The van der Waals surface area contributed by atoms with Gasteiger partial charge in [0, 0.05) is 17.2 Å². The maximum Gasteiger partial charge on any atom is 0.333 e. The molecule has 0 aliphatic rings. The number of carbonyl (C=O) groups excluding carboxylic acids is 1. The zero-order chi connectivity index (χ0) is 10.7. The van der Waals surface area contributed by atoms with E-state index in [-0.39, 0.29) is 22.8 Å². The smallest absolute Gasteiger partial charge is 0.333 e. The van der Waals surface area contributed by atoms with Crippen molar-refractivity contribution in [3.05, 3.63) is 51.9 Å². The number of thiazole rings is 1. The van der Waals surface area contributed by atoms with Gasteiger partial charge < -0.3 is 17.0 Å². The van der Waals surface area contributed by atoms with E-state index in [4.69, 9.17) is 11.6 Å². The molecule has 1 aromatic carbocycles. The largest absolute Gasteiger partial charge is 1.00 e. The number of halogens is 2. The number of benzene rings is 1. The zero-order valence-corrected chi connectivity index (χ0v) is 11.4. The van der Waals surface area contributed by atoms with E-state index in [1.807, 2.05) is 41.9 Å². The van der Waals surface area contributed by atoms with Crippen LogP contribution >= 0.6 is 22.9 Å². The second-order valence-electron chi connectivity index (χ2n) is 3.07. The number of hydrogen-bond donors (Lipinski definition) is 0. The van der Waals surface area contributed by atoms with Gasteiger partial charge in [-0.05, 0) is 0 Å². The Morgan fingerprint density at radius 2 is 2.00 bits per heavy atom. The second-order valence-corrected chi connectivity index (χ2v) is 4.55. The molecule has 1 heterocycles. The maximum atomic E-state index is 11.8. The molecular formula is C11H9BrClNOS. The quantitative estimate of drug-likeness (QED) is 0.556. The van der Waals surface area contributed by atoms with Crippen LogP contribution in [0.2, 0.25) is 4.47 Å². The summed E-state index contributed by atoms with van der Waals surface area (Å²) in [5.74, 6) is 0.0703. The van der Waals surface area contributed by atoms with E-state index in [1.165, 1.54) is 11.3 Å². The molecule has 0 N–H and O–H groups in total. The van der Waals surface area contributed by atoms with E-state index in [2.05, 4.69) is 0 Å². The van der Waals surface area contributed by atoms with Gasteiger partial charge in [0.1, 0.15) is 0 Å². The Labute approximate surface area is 113 Å². The number of ketones is 1. The minimum absolute atomic E-state index is 0. The number of hydrogen-bond acceptors (Lipinski definition) is 2. The first kappa shape index (κ1) is 13.4. The van der Waals surface area contributed by atoms with E-state index in [1.54, 1.807) is 4.57 Å². The van der Waals surface area contributed by atoms with Crippen LogP contribution < -0.4 is 21.5 Å². The molecule has 0 aliphatic carbocycles. The fraction of sp³-hybridized carbons (Fsp3) is 0.0909. The summed E-state index contributed by atoms with van der Waals surface area (Å²) in [6.07, 6.45) is 1.81. The van der Waals surface area contributed by atoms with E-state index in [0.717, 1.165) is 0 Å². The Morgan fingerprint density at radius 1 is 1.31 bits per heavy atom. The van der Waals surface area contributed by atoms with E-state index in [9.17, 15) is 4.79 Å². The van der Waals surface area contributed by atoms with Gasteiger partial charge in [-0.3, -0.25) is 4.79 Å². The lowest BCUT2D eigenvalue weighted by Gasteiger charge is -1.95. The van der Waals surface area contributed by atoms with Crippen LogP contribution in [0.1, 0.15) is 10.4 Å². The molecule has 5 heteroatoms. The van der Waals surface area contributed by atoms with E-state index < -0.39 is 0 Å². The number of nitrogens with zero attached hydrogens (tertiary/aromatic N) is 1. The highest BCUT2D eigenvalue weighted by Crippen LogP contribution is 2.09. The molecule has 84 valence electrons. The molecular weight excluding hydrogens is 310 g/mol. The molecule has 16 heavy (non-hydrogen) atoms. The fourth-order valence-electron chi connectivity index (χ4n) is 1.27. The van der Waals surface area contributed by atoms with Gasteiger partial charge in [0.15, 0.2) is 6.20 Å². The topological polar surface area (TPSA) is 20.9 Å². The van der Waals surface area contributed by atoms with Crippen LogP contribution in [0.5, 0.6) is 0 Å². The van der Waals surface area contributed by atoms with Crippen LogP contribution in [0.15, 0.2) is 41.9 Å². The maximum absolute atomic E-state index is 11.8. The van der Waals surface area contributed by atoms with Crippen molar-refractivity contribution in [1.82, 2.24) is 0 Å². The Morgan fingerprint density at radius 3 is 2.56 bits per heavy atom. The average Bonchev–Trinajstić information content (AvgIpc) is 2.66. The summed E-state index contributed by atoms with van der Waals surface area (Å²) in [5, 5.41) is 1.86. The number of aromatic nitrogens is 1. The molecule has 0 bridgehead atoms. The molecule has 0 saturated carbocycles. The Kier molecular flexibility index (Phi) is 5.12. The van der Waals surface area contributed by atoms with Crippen molar-refractivity contribution in [3.8, 4) is 0 Å². The summed E-state index contributed by atoms with van der Waals surface area (Å²) in [7, 11) is 0. The number of Topliss-reactive ketones (excluding diaryl/α,β-unsaturated/α-hetero) is 1. The Hall–Kier alpha value is -0.710. The lowest BCUT2D eigenvalue weighted by molar-refractivity contribution is -0.676. The van der Waals surface area contributed by atoms with Gasteiger partial charge in [0.2, 0.25) is 12.3 Å². The number of carbonyl (C=O) groups is 1. The molecule has 0 aliphatic heterocycles. The highest BCUT2D eigenvalue weighted by molar-refractivity contribution is 7.13. The van der Waals surface area contributed by atoms with Gasteiger partial charge in [-0.2, -0.15) is 4.57 Å². The lowest BCUT2D eigenvalue weighted by Crippen LogP contribution is -3.00. The van der Waals surface area contributed by atoms with Crippen LogP contribution in [0.25, 0.3) is 0 Å². The summed E-state index contributed by atoms with van der Waals surface area (Å²) >= 11 is 7.32. The van der Waals surface area contributed by atoms with Crippen LogP contribution in [0, 0.1) is 0 Å². The molecule has 2 aromatic rings. The third-order valence-corrected chi connectivity index (χ3v) is 3.21. The first-order valence-electron chi connectivity index (χ1n) is 4.48. The summed E-state index contributed by atoms with van der Waals surface area (Å²) in [5.41, 5.74) is 0.715. The second kappa shape index (κ2) is 6.13. The molecule has 0 atom stereocenters. The van der Waals surface area contributed by atoms with Crippen molar-refractivity contribution in [2.75, 3.05) is 0 Å². The minimum atomic E-state index is 0. The zero-order valence-electron chi connectivity index (χ0n) is 8.27. The van der Waals surface area contributed by atoms with Gasteiger partial charge in [0.05, 0.1) is 5.38 Å². The molecule has 0 spiro atoms. The predicted molar refractivity (Wildman–Crippen MR) is 60.3 cm³/mol.